The van der Waals surface area contributed by atoms with Gasteiger partial charge in [0.1, 0.15) is 12.1 Å². The molecule has 1 atom stereocenters. The molecule has 0 radical (unpaired) electrons. The Bertz CT molecular complexity index is 835. The van der Waals surface area contributed by atoms with Crippen LogP contribution in [0.25, 0.3) is 4.96 Å². The molecule has 1 fully saturated rings. The van der Waals surface area contributed by atoms with Crippen molar-refractivity contribution < 1.29 is 9.84 Å². The Morgan fingerprint density at radius 3 is 2.48 bits per heavy atom. The van der Waals surface area contributed by atoms with Crippen LogP contribution in [0.4, 0.5) is 0 Å². The van der Waals surface area contributed by atoms with E-state index in [-0.39, 0.29) is 11.9 Å². The highest BCUT2D eigenvalue weighted by molar-refractivity contribution is 7.17. The minimum Gasteiger partial charge on any atom is -0.497 e. The van der Waals surface area contributed by atoms with E-state index in [4.69, 9.17) is 4.74 Å². The normalized spacial score (nSPS) is 17.5. The Labute approximate surface area is 150 Å². The second kappa shape index (κ2) is 7.01. The molecule has 1 N–H and O–H groups in total. The van der Waals surface area contributed by atoms with E-state index >= 15 is 0 Å². The molecule has 4 rings (SSSR count). The fourth-order valence-electron chi connectivity index (χ4n) is 3.54. The lowest BCUT2D eigenvalue weighted by Crippen LogP contribution is -2.30. The molecular weight excluding hydrogens is 336 g/mol. The number of likely N-dealkylation sites (tertiary alicyclic amines) is 1. The highest BCUT2D eigenvalue weighted by atomic mass is 32.1. The van der Waals surface area contributed by atoms with Crippen molar-refractivity contribution in [2.75, 3.05) is 20.2 Å². The summed E-state index contributed by atoms with van der Waals surface area (Å²) in [6, 6.07) is 8.15. The summed E-state index contributed by atoms with van der Waals surface area (Å²) >= 11 is 1.51. The molecule has 1 aliphatic rings. The third kappa shape index (κ3) is 3.09. The van der Waals surface area contributed by atoms with Crippen LogP contribution in [0.15, 0.2) is 30.6 Å². The lowest BCUT2D eigenvalue weighted by molar-refractivity contribution is 0.232. The molecule has 132 valence electrons. The number of nitrogens with zero attached hydrogens (tertiary/aromatic N) is 4. The quantitative estimate of drug-likeness (QED) is 0.774. The Morgan fingerprint density at radius 1 is 1.12 bits per heavy atom. The molecule has 1 aliphatic heterocycles. The molecule has 1 unspecified atom stereocenters. The summed E-state index contributed by atoms with van der Waals surface area (Å²) in [4.78, 5) is 8.34. The average Bonchev–Trinajstić information content (AvgIpc) is 3.10. The Morgan fingerprint density at radius 2 is 1.84 bits per heavy atom. The minimum absolute atomic E-state index is 0.0116. The number of hydrogen-bond donors (Lipinski definition) is 1. The lowest BCUT2D eigenvalue weighted by atomic mass is 10.0. The van der Waals surface area contributed by atoms with Crippen molar-refractivity contribution >= 4 is 16.3 Å². The third-order valence-electron chi connectivity index (χ3n) is 4.82. The SMILES string of the molecule is COc1ccc(C(c2sc3ncnn3c2O)N2CCCCCC2)cc1. The molecular formula is C18H22N4O2S. The Balaban J connectivity index is 1.78. The van der Waals surface area contributed by atoms with Crippen molar-refractivity contribution in [2.24, 2.45) is 0 Å². The van der Waals surface area contributed by atoms with Crippen molar-refractivity contribution in [3.63, 3.8) is 0 Å². The molecule has 0 spiro atoms. The van der Waals surface area contributed by atoms with Crippen molar-refractivity contribution in [1.82, 2.24) is 19.5 Å². The van der Waals surface area contributed by atoms with Crippen molar-refractivity contribution in [2.45, 2.75) is 31.7 Å². The number of aromatic nitrogens is 3. The zero-order valence-corrected chi connectivity index (χ0v) is 15.1. The van der Waals surface area contributed by atoms with Crippen LogP contribution in [0.3, 0.4) is 0 Å². The molecule has 1 saturated heterocycles. The largest absolute Gasteiger partial charge is 0.497 e. The number of methoxy groups -OCH3 is 1. The van der Waals surface area contributed by atoms with Crippen LogP contribution in [-0.4, -0.2) is 44.8 Å². The van der Waals surface area contributed by atoms with Crippen LogP contribution in [0.1, 0.15) is 42.2 Å². The number of benzene rings is 1. The van der Waals surface area contributed by atoms with Gasteiger partial charge in [-0.1, -0.05) is 36.3 Å². The molecule has 0 bridgehead atoms. The average molecular weight is 358 g/mol. The molecule has 0 aliphatic carbocycles. The first-order valence-corrected chi connectivity index (χ1v) is 9.49. The highest BCUT2D eigenvalue weighted by Gasteiger charge is 2.29. The van der Waals surface area contributed by atoms with E-state index < -0.39 is 0 Å². The van der Waals surface area contributed by atoms with Gasteiger partial charge in [0.05, 0.1) is 18.0 Å². The van der Waals surface area contributed by atoms with Gasteiger partial charge in [-0.25, -0.2) is 4.98 Å². The summed E-state index contributed by atoms with van der Waals surface area (Å²) in [6.45, 7) is 2.06. The van der Waals surface area contributed by atoms with Gasteiger partial charge in [-0.3, -0.25) is 4.90 Å². The second-order valence-electron chi connectivity index (χ2n) is 6.37. The van der Waals surface area contributed by atoms with Gasteiger partial charge in [-0.2, -0.15) is 9.61 Å². The molecule has 3 aromatic rings. The zero-order valence-electron chi connectivity index (χ0n) is 14.3. The maximum Gasteiger partial charge on any atom is 0.230 e. The smallest absolute Gasteiger partial charge is 0.230 e. The molecule has 1 aromatic carbocycles. The van der Waals surface area contributed by atoms with Gasteiger partial charge in [0, 0.05) is 0 Å². The summed E-state index contributed by atoms with van der Waals surface area (Å²) in [7, 11) is 1.67. The molecule has 25 heavy (non-hydrogen) atoms. The van der Waals surface area contributed by atoms with Crippen molar-refractivity contribution in [3.05, 3.63) is 41.0 Å². The van der Waals surface area contributed by atoms with E-state index in [9.17, 15) is 5.11 Å². The molecule has 3 heterocycles. The monoisotopic (exact) mass is 358 g/mol. The van der Waals surface area contributed by atoms with E-state index in [1.807, 2.05) is 12.1 Å². The summed E-state index contributed by atoms with van der Waals surface area (Å²) in [5, 5.41) is 14.9. The second-order valence-corrected chi connectivity index (χ2v) is 7.38. The van der Waals surface area contributed by atoms with Gasteiger partial charge < -0.3 is 9.84 Å². The zero-order chi connectivity index (χ0) is 17.2. The topological polar surface area (TPSA) is 62.9 Å². The van der Waals surface area contributed by atoms with Crippen LogP contribution in [0.2, 0.25) is 0 Å². The number of fused-ring (bicyclic) bond motifs is 1. The standard InChI is InChI=1S/C18H22N4O2S/c1-24-14-8-6-13(7-9-14)15(21-10-4-2-3-5-11-21)16-17(23)22-18(25-16)19-12-20-22/h6-9,12,15,23H,2-5,10-11H2,1H3. The van der Waals surface area contributed by atoms with Gasteiger partial charge in [-0.15, -0.1) is 0 Å². The minimum atomic E-state index is 0.0116. The first kappa shape index (κ1) is 16.4. The van der Waals surface area contributed by atoms with Crippen LogP contribution in [-0.2, 0) is 0 Å². The van der Waals surface area contributed by atoms with Crippen LogP contribution in [0.5, 0.6) is 11.6 Å². The fourth-order valence-corrected chi connectivity index (χ4v) is 4.63. The maximum atomic E-state index is 10.7. The number of thiazole rings is 1. The van der Waals surface area contributed by atoms with Crippen LogP contribution >= 0.6 is 11.3 Å². The van der Waals surface area contributed by atoms with E-state index in [1.165, 1.54) is 47.9 Å². The summed E-state index contributed by atoms with van der Waals surface area (Å²) in [5.74, 6) is 1.04. The first-order valence-electron chi connectivity index (χ1n) is 8.67. The molecule has 0 saturated carbocycles. The Hall–Kier alpha value is -2.12. The predicted molar refractivity (Wildman–Crippen MR) is 97.4 cm³/mol. The van der Waals surface area contributed by atoms with Crippen LogP contribution in [0, 0.1) is 0 Å². The van der Waals surface area contributed by atoms with E-state index in [0.717, 1.165) is 34.2 Å². The number of rotatable bonds is 4. The van der Waals surface area contributed by atoms with E-state index in [2.05, 4.69) is 27.1 Å². The summed E-state index contributed by atoms with van der Waals surface area (Å²) in [6.07, 6.45) is 6.40. The molecule has 0 amide bonds. The first-order chi connectivity index (χ1) is 12.3. The van der Waals surface area contributed by atoms with Crippen molar-refractivity contribution in [3.8, 4) is 11.6 Å². The number of ether oxygens (including phenoxy) is 1. The van der Waals surface area contributed by atoms with Gasteiger partial charge >= 0.3 is 0 Å². The number of aromatic hydroxyl groups is 1. The van der Waals surface area contributed by atoms with Crippen molar-refractivity contribution in [1.29, 1.82) is 0 Å². The van der Waals surface area contributed by atoms with Gasteiger partial charge in [0.15, 0.2) is 0 Å². The van der Waals surface area contributed by atoms with Gasteiger partial charge in [-0.05, 0) is 43.6 Å². The maximum absolute atomic E-state index is 10.7. The van der Waals surface area contributed by atoms with Gasteiger partial charge in [0.2, 0.25) is 10.8 Å². The van der Waals surface area contributed by atoms with E-state index in [1.54, 1.807) is 7.11 Å². The molecule has 2 aromatic heterocycles. The summed E-state index contributed by atoms with van der Waals surface area (Å²) in [5.41, 5.74) is 1.16. The predicted octanol–water partition coefficient (Wildman–Crippen LogP) is 3.47. The summed E-state index contributed by atoms with van der Waals surface area (Å²) < 4.78 is 6.82. The van der Waals surface area contributed by atoms with E-state index in [0.29, 0.717) is 0 Å². The highest BCUT2D eigenvalue weighted by Crippen LogP contribution is 2.40. The Kier molecular flexibility index (Phi) is 4.59. The molecule has 6 nitrogen and oxygen atoms in total. The van der Waals surface area contributed by atoms with Crippen LogP contribution < -0.4 is 4.74 Å². The fraction of sp³-hybridized carbons (Fsp3) is 0.444. The third-order valence-corrected chi connectivity index (χ3v) is 5.91. The van der Waals surface area contributed by atoms with Gasteiger partial charge in [0.25, 0.3) is 0 Å². The lowest BCUT2D eigenvalue weighted by Gasteiger charge is -2.30. The molecule has 7 heteroatoms. The number of hydrogen-bond acceptors (Lipinski definition) is 6.